The van der Waals surface area contributed by atoms with E-state index in [0.29, 0.717) is 31.5 Å². The van der Waals surface area contributed by atoms with Crippen LogP contribution in [-0.2, 0) is 6.18 Å². The molecule has 1 saturated heterocycles. The van der Waals surface area contributed by atoms with Crippen LogP contribution in [0.2, 0.25) is 0 Å². The van der Waals surface area contributed by atoms with Gasteiger partial charge in [0, 0.05) is 13.1 Å². The molecule has 0 aromatic heterocycles. The number of benzene rings is 2. The van der Waals surface area contributed by atoms with Crippen molar-refractivity contribution in [1.29, 1.82) is 5.26 Å². The van der Waals surface area contributed by atoms with Crippen molar-refractivity contribution in [1.82, 2.24) is 0 Å². The summed E-state index contributed by atoms with van der Waals surface area (Å²) in [6.45, 7) is 0.589. The summed E-state index contributed by atoms with van der Waals surface area (Å²) < 4.78 is 67.7. The molecule has 1 fully saturated rings. The first-order valence-electron chi connectivity index (χ1n) is 8.03. The van der Waals surface area contributed by atoms with Gasteiger partial charge in [-0.2, -0.15) is 18.4 Å². The van der Waals surface area contributed by atoms with Crippen LogP contribution >= 0.6 is 0 Å². The van der Waals surface area contributed by atoms with Crippen molar-refractivity contribution in [2.24, 2.45) is 0 Å². The van der Waals surface area contributed by atoms with Crippen molar-refractivity contribution >= 4 is 5.69 Å². The van der Waals surface area contributed by atoms with Crippen molar-refractivity contribution in [3.8, 4) is 6.07 Å². The third-order valence-corrected chi connectivity index (χ3v) is 4.65. The zero-order chi connectivity index (χ0) is 18.9. The molecule has 0 aliphatic carbocycles. The van der Waals surface area contributed by atoms with Crippen LogP contribution in [0.15, 0.2) is 30.3 Å². The zero-order valence-corrected chi connectivity index (χ0v) is 13.6. The van der Waals surface area contributed by atoms with Gasteiger partial charge in [0.25, 0.3) is 0 Å². The highest BCUT2D eigenvalue weighted by atomic mass is 19.4. The molecule has 0 unspecified atom stereocenters. The van der Waals surface area contributed by atoms with Gasteiger partial charge >= 0.3 is 6.18 Å². The highest BCUT2D eigenvalue weighted by Crippen LogP contribution is 2.39. The first-order chi connectivity index (χ1) is 12.3. The Bertz CT molecular complexity index is 846. The normalized spacial score (nSPS) is 15.8. The second kappa shape index (κ2) is 6.94. The van der Waals surface area contributed by atoms with E-state index < -0.39 is 23.1 Å². The van der Waals surface area contributed by atoms with Gasteiger partial charge in [0.05, 0.1) is 17.3 Å². The third kappa shape index (κ3) is 3.36. The Labute approximate surface area is 147 Å². The number of alkyl halides is 3. The molecule has 1 heterocycles. The largest absolute Gasteiger partial charge is 0.420 e. The number of hydrogen-bond donors (Lipinski definition) is 0. The first kappa shape index (κ1) is 18.2. The van der Waals surface area contributed by atoms with Crippen molar-refractivity contribution in [2.45, 2.75) is 24.9 Å². The molecule has 1 aliphatic heterocycles. The van der Waals surface area contributed by atoms with E-state index in [2.05, 4.69) is 6.07 Å². The molecule has 2 aromatic rings. The number of rotatable bonds is 2. The number of piperidine rings is 1. The second-order valence-electron chi connectivity index (χ2n) is 6.14. The van der Waals surface area contributed by atoms with Crippen LogP contribution < -0.4 is 4.90 Å². The second-order valence-corrected chi connectivity index (χ2v) is 6.14. The van der Waals surface area contributed by atoms with Crippen LogP contribution in [0.3, 0.4) is 0 Å². The zero-order valence-electron chi connectivity index (χ0n) is 13.6. The van der Waals surface area contributed by atoms with E-state index in [9.17, 15) is 22.0 Å². The molecule has 0 atom stereocenters. The van der Waals surface area contributed by atoms with Crippen LogP contribution in [0.5, 0.6) is 0 Å². The van der Waals surface area contributed by atoms with Gasteiger partial charge in [-0.25, -0.2) is 8.78 Å². The minimum atomic E-state index is -4.95. The molecule has 3 rings (SSSR count). The summed E-state index contributed by atoms with van der Waals surface area (Å²) in [5.41, 5.74) is -1.92. The lowest BCUT2D eigenvalue weighted by molar-refractivity contribution is -0.140. The van der Waals surface area contributed by atoms with E-state index in [4.69, 9.17) is 5.26 Å². The summed E-state index contributed by atoms with van der Waals surface area (Å²) in [5.74, 6) is -1.88. The fourth-order valence-electron chi connectivity index (χ4n) is 3.36. The molecule has 2 aromatic carbocycles. The molecule has 135 valence electrons. The molecule has 0 saturated carbocycles. The van der Waals surface area contributed by atoms with Gasteiger partial charge in [0.15, 0.2) is 5.82 Å². The quantitative estimate of drug-likeness (QED) is 0.697. The standard InChI is InChI=1S/C19H14F5N2/c20-15-4-2-1-3-14(15)12-7-9-26(10-8-12)16-6-5-13(11-25)17(18(16)21)19(22,23)24/h1,3-6,12H,7-10H2. The van der Waals surface area contributed by atoms with Crippen molar-refractivity contribution in [2.75, 3.05) is 18.0 Å². The Balaban J connectivity index is 1.84. The Morgan fingerprint density at radius 3 is 2.38 bits per heavy atom. The summed E-state index contributed by atoms with van der Waals surface area (Å²) in [4.78, 5) is 1.51. The van der Waals surface area contributed by atoms with E-state index >= 15 is 0 Å². The molecule has 2 nitrogen and oxygen atoms in total. The molecular weight excluding hydrogens is 351 g/mol. The SMILES string of the molecule is N#Cc1ccc(N2CCC(c3cc[c]cc3F)CC2)c(F)c1C(F)(F)F. The Kier molecular flexibility index (Phi) is 4.86. The summed E-state index contributed by atoms with van der Waals surface area (Å²) in [6.07, 6.45) is -3.98. The average Bonchev–Trinajstić information content (AvgIpc) is 2.61. The molecule has 1 aliphatic rings. The van der Waals surface area contributed by atoms with Crippen LogP contribution in [0.4, 0.5) is 27.6 Å². The number of nitrogens with zero attached hydrogens (tertiary/aromatic N) is 2. The van der Waals surface area contributed by atoms with Crippen molar-refractivity contribution < 1.29 is 22.0 Å². The smallest absolute Gasteiger partial charge is 0.369 e. The summed E-state index contributed by atoms with van der Waals surface area (Å²) in [7, 11) is 0. The van der Waals surface area contributed by atoms with Crippen LogP contribution in [-0.4, -0.2) is 13.1 Å². The molecule has 0 bridgehead atoms. The van der Waals surface area contributed by atoms with E-state index in [0.717, 1.165) is 6.07 Å². The molecule has 26 heavy (non-hydrogen) atoms. The molecule has 0 N–H and O–H groups in total. The molecule has 7 heteroatoms. The van der Waals surface area contributed by atoms with E-state index in [1.165, 1.54) is 23.1 Å². The predicted octanol–water partition coefficient (Wildman–Crippen LogP) is 5.04. The van der Waals surface area contributed by atoms with Gasteiger partial charge < -0.3 is 4.90 Å². The maximum Gasteiger partial charge on any atom is 0.420 e. The van der Waals surface area contributed by atoms with Gasteiger partial charge in [-0.15, -0.1) is 0 Å². The molecule has 1 radical (unpaired) electrons. The van der Waals surface area contributed by atoms with Gasteiger partial charge in [-0.3, -0.25) is 0 Å². The highest BCUT2D eigenvalue weighted by Gasteiger charge is 2.39. The topological polar surface area (TPSA) is 27.0 Å². The van der Waals surface area contributed by atoms with E-state index in [1.54, 1.807) is 12.1 Å². The molecule has 0 amide bonds. The van der Waals surface area contributed by atoms with Gasteiger partial charge in [0.2, 0.25) is 0 Å². The van der Waals surface area contributed by atoms with Crippen molar-refractivity contribution in [3.05, 3.63) is 64.7 Å². The summed E-state index contributed by atoms with van der Waals surface area (Å²) >= 11 is 0. The Morgan fingerprint density at radius 2 is 1.81 bits per heavy atom. The van der Waals surface area contributed by atoms with E-state index in [1.807, 2.05) is 0 Å². The average molecular weight is 365 g/mol. The van der Waals surface area contributed by atoms with Gasteiger partial charge in [-0.05, 0) is 48.6 Å². The summed E-state index contributed by atoms with van der Waals surface area (Å²) in [5, 5.41) is 8.83. The summed E-state index contributed by atoms with van der Waals surface area (Å²) in [6, 6.07) is 10.7. The van der Waals surface area contributed by atoms with Crippen LogP contribution in [0.25, 0.3) is 0 Å². The number of nitriles is 1. The fourth-order valence-corrected chi connectivity index (χ4v) is 3.36. The minimum Gasteiger partial charge on any atom is -0.369 e. The lowest BCUT2D eigenvalue weighted by Gasteiger charge is -2.34. The molecule has 0 spiro atoms. The monoisotopic (exact) mass is 365 g/mol. The maximum atomic E-state index is 14.5. The maximum absolute atomic E-state index is 14.5. The van der Waals surface area contributed by atoms with Crippen LogP contribution in [0, 0.1) is 29.0 Å². The molecular formula is C19H14F5N2. The van der Waals surface area contributed by atoms with Crippen molar-refractivity contribution in [3.63, 3.8) is 0 Å². The fraction of sp³-hybridized carbons (Fsp3) is 0.316. The number of halogens is 5. The number of anilines is 1. The Hall–Kier alpha value is -2.62. The van der Waals surface area contributed by atoms with Gasteiger partial charge in [0.1, 0.15) is 11.4 Å². The lowest BCUT2D eigenvalue weighted by atomic mass is 9.88. The third-order valence-electron chi connectivity index (χ3n) is 4.65. The van der Waals surface area contributed by atoms with Gasteiger partial charge in [-0.1, -0.05) is 12.1 Å². The Morgan fingerprint density at radius 1 is 1.12 bits per heavy atom. The number of hydrogen-bond acceptors (Lipinski definition) is 2. The first-order valence-corrected chi connectivity index (χ1v) is 8.03. The minimum absolute atomic E-state index is 0.0793. The van der Waals surface area contributed by atoms with E-state index in [-0.39, 0.29) is 17.4 Å². The lowest BCUT2D eigenvalue weighted by Crippen LogP contribution is -2.34. The highest BCUT2D eigenvalue weighted by molar-refractivity contribution is 5.56. The van der Waals surface area contributed by atoms with Crippen LogP contribution in [0.1, 0.15) is 35.4 Å². The predicted molar refractivity (Wildman–Crippen MR) is 85.5 cm³/mol.